The van der Waals surface area contributed by atoms with Gasteiger partial charge >= 0.3 is 0 Å². The van der Waals surface area contributed by atoms with Crippen molar-refractivity contribution in [2.75, 3.05) is 28.7 Å². The third-order valence-corrected chi connectivity index (χ3v) is 6.18. The fourth-order valence-corrected chi connectivity index (χ4v) is 4.84. The predicted molar refractivity (Wildman–Crippen MR) is 147 cm³/mol. The quantitative estimate of drug-likeness (QED) is 0.169. The van der Waals surface area contributed by atoms with Gasteiger partial charge < -0.3 is 15.3 Å². The molecule has 0 aliphatic rings. The first-order valence-electron chi connectivity index (χ1n) is 10.1. The first-order chi connectivity index (χ1) is 15.3. The van der Waals surface area contributed by atoms with Crippen LogP contribution in [0.15, 0.2) is 35.4 Å². The topological polar surface area (TPSA) is 98.6 Å². The first kappa shape index (κ1) is 24.4. The summed E-state index contributed by atoms with van der Waals surface area (Å²) < 4.78 is 1.77. The molecule has 10 heteroatoms. The van der Waals surface area contributed by atoms with Crippen molar-refractivity contribution in [2.24, 2.45) is 5.10 Å². The number of phenolic OH excluding ortho intramolecular Hbond substituents is 1. The number of aryl methyl sites for hydroxylation is 2. The van der Waals surface area contributed by atoms with Crippen LogP contribution in [-0.4, -0.2) is 39.4 Å². The summed E-state index contributed by atoms with van der Waals surface area (Å²) in [5.74, 6) is 1.49. The van der Waals surface area contributed by atoms with E-state index in [0.29, 0.717) is 23.4 Å². The molecule has 0 spiro atoms. The first-order valence-corrected chi connectivity index (χ1v) is 12.3. The minimum Gasteiger partial charge on any atom is -0.506 e. The van der Waals surface area contributed by atoms with E-state index in [2.05, 4.69) is 108 Å². The van der Waals surface area contributed by atoms with Gasteiger partial charge in [0.1, 0.15) is 5.75 Å². The zero-order valence-electron chi connectivity index (χ0n) is 18.3. The second-order valence-corrected chi connectivity index (χ2v) is 9.50. The fourth-order valence-electron chi connectivity index (χ4n) is 2.95. The number of hydrogen-bond acceptors (Lipinski definition) is 8. The number of halogens is 2. The van der Waals surface area contributed by atoms with E-state index in [-0.39, 0.29) is 5.75 Å². The van der Waals surface area contributed by atoms with Gasteiger partial charge in [0.15, 0.2) is 0 Å². The lowest BCUT2D eigenvalue weighted by Gasteiger charge is -2.19. The Bertz CT molecular complexity index is 1130. The van der Waals surface area contributed by atoms with Crippen LogP contribution in [0.4, 0.5) is 23.5 Å². The summed E-state index contributed by atoms with van der Waals surface area (Å²) >= 11 is 4.30. The fraction of sp³-hybridized carbons (Fsp3) is 0.273. The minimum atomic E-state index is 0.188. The molecule has 1 heterocycles. The summed E-state index contributed by atoms with van der Waals surface area (Å²) in [7, 11) is 0. The Balaban J connectivity index is 1.91. The van der Waals surface area contributed by atoms with E-state index in [1.807, 2.05) is 30.9 Å². The van der Waals surface area contributed by atoms with Crippen molar-refractivity contribution in [3.63, 3.8) is 0 Å². The van der Waals surface area contributed by atoms with Gasteiger partial charge in [-0.2, -0.15) is 20.1 Å². The number of anilines is 4. The second kappa shape index (κ2) is 11.1. The molecule has 0 aliphatic carbocycles. The molecule has 0 bridgehead atoms. The van der Waals surface area contributed by atoms with Crippen LogP contribution in [0.1, 0.15) is 30.5 Å². The summed E-state index contributed by atoms with van der Waals surface area (Å²) in [6.07, 6.45) is 1.55. The number of rotatable bonds is 8. The number of aromatic hydroxyl groups is 1. The third-order valence-electron chi connectivity index (χ3n) is 4.74. The van der Waals surface area contributed by atoms with Gasteiger partial charge in [-0.3, -0.25) is 0 Å². The highest BCUT2D eigenvalue weighted by atomic mass is 127. The van der Waals surface area contributed by atoms with E-state index in [1.54, 1.807) is 6.21 Å². The molecule has 1 aromatic heterocycles. The number of phenols is 1. The van der Waals surface area contributed by atoms with Gasteiger partial charge in [0, 0.05) is 27.9 Å². The Hall–Kier alpha value is -2.22. The van der Waals surface area contributed by atoms with Crippen LogP contribution in [-0.2, 0) is 0 Å². The molecule has 0 radical (unpaired) electrons. The summed E-state index contributed by atoms with van der Waals surface area (Å²) in [5.41, 5.74) is 6.67. The van der Waals surface area contributed by atoms with E-state index < -0.39 is 0 Å². The minimum absolute atomic E-state index is 0.188. The molecule has 0 saturated carbocycles. The maximum absolute atomic E-state index is 10.3. The Morgan fingerprint density at radius 1 is 1.03 bits per heavy atom. The predicted octanol–water partition coefficient (Wildman–Crippen LogP) is 5.44. The van der Waals surface area contributed by atoms with Crippen LogP contribution in [0.3, 0.4) is 0 Å². The highest BCUT2D eigenvalue weighted by molar-refractivity contribution is 14.1. The molecule has 0 unspecified atom stereocenters. The van der Waals surface area contributed by atoms with Crippen molar-refractivity contribution < 1.29 is 5.11 Å². The van der Waals surface area contributed by atoms with E-state index in [4.69, 9.17) is 0 Å². The summed E-state index contributed by atoms with van der Waals surface area (Å²) in [4.78, 5) is 15.7. The zero-order valence-corrected chi connectivity index (χ0v) is 22.6. The van der Waals surface area contributed by atoms with Crippen molar-refractivity contribution in [1.82, 2.24) is 15.0 Å². The zero-order chi connectivity index (χ0) is 23.3. The van der Waals surface area contributed by atoms with E-state index in [0.717, 1.165) is 37.0 Å². The lowest BCUT2D eigenvalue weighted by Crippen LogP contribution is -2.25. The number of hydrogen-bond donors (Lipinski definition) is 3. The van der Waals surface area contributed by atoms with Gasteiger partial charge in [-0.1, -0.05) is 12.1 Å². The standard InChI is InChI=1S/C22H25I2N7O/c1-5-31(6-2)22-28-20(26-18-9-13(3)7-8-14(18)4)27-21(29-22)30-25-12-15-10-16(23)11-17(24)19(15)32/h7-12,32H,5-6H2,1-4H3,(H2,26,27,28,29,30). The molecule has 8 nitrogen and oxygen atoms in total. The average Bonchev–Trinajstić information content (AvgIpc) is 2.75. The number of hydrazone groups is 1. The molecule has 0 aliphatic heterocycles. The van der Waals surface area contributed by atoms with Gasteiger partial charge in [0.25, 0.3) is 0 Å². The normalized spacial score (nSPS) is 11.1. The lowest BCUT2D eigenvalue weighted by atomic mass is 10.1. The second-order valence-electron chi connectivity index (χ2n) is 7.09. The number of benzene rings is 2. The highest BCUT2D eigenvalue weighted by Crippen LogP contribution is 2.26. The van der Waals surface area contributed by atoms with Crippen LogP contribution in [0.5, 0.6) is 5.75 Å². The Labute approximate surface area is 215 Å². The molecule has 2 aromatic carbocycles. The van der Waals surface area contributed by atoms with Gasteiger partial charge in [-0.15, -0.1) is 0 Å². The van der Waals surface area contributed by atoms with Crippen molar-refractivity contribution in [1.29, 1.82) is 0 Å². The molecule has 3 aromatic rings. The van der Waals surface area contributed by atoms with Crippen LogP contribution >= 0.6 is 45.2 Å². The van der Waals surface area contributed by atoms with Crippen molar-refractivity contribution in [3.05, 3.63) is 54.2 Å². The smallest absolute Gasteiger partial charge is 0.250 e. The molecule has 168 valence electrons. The van der Waals surface area contributed by atoms with Crippen molar-refractivity contribution in [2.45, 2.75) is 27.7 Å². The Kier molecular flexibility index (Phi) is 8.45. The van der Waals surface area contributed by atoms with Crippen LogP contribution in [0.2, 0.25) is 0 Å². The Morgan fingerprint density at radius 2 is 1.75 bits per heavy atom. The molecule has 0 amide bonds. The maximum atomic E-state index is 10.3. The van der Waals surface area contributed by atoms with Gasteiger partial charge in [-0.25, -0.2) is 5.43 Å². The van der Waals surface area contributed by atoms with Crippen LogP contribution in [0.25, 0.3) is 0 Å². The maximum Gasteiger partial charge on any atom is 0.250 e. The number of nitrogens with zero attached hydrogens (tertiary/aromatic N) is 5. The Morgan fingerprint density at radius 3 is 2.47 bits per heavy atom. The monoisotopic (exact) mass is 657 g/mol. The molecule has 0 atom stereocenters. The van der Waals surface area contributed by atoms with Gasteiger partial charge in [-0.05, 0) is 102 Å². The summed E-state index contributed by atoms with van der Waals surface area (Å²) in [6.45, 7) is 9.71. The van der Waals surface area contributed by atoms with Crippen molar-refractivity contribution in [3.8, 4) is 5.75 Å². The molecular weight excluding hydrogens is 632 g/mol. The van der Waals surface area contributed by atoms with E-state index in [9.17, 15) is 5.11 Å². The van der Waals surface area contributed by atoms with Crippen LogP contribution < -0.4 is 15.6 Å². The van der Waals surface area contributed by atoms with E-state index >= 15 is 0 Å². The highest BCUT2D eigenvalue weighted by Gasteiger charge is 2.12. The number of aromatic nitrogens is 3. The van der Waals surface area contributed by atoms with Gasteiger partial charge in [0.05, 0.1) is 9.78 Å². The van der Waals surface area contributed by atoms with Crippen LogP contribution in [0, 0.1) is 21.0 Å². The molecular formula is C22H25I2N7O. The van der Waals surface area contributed by atoms with E-state index in [1.165, 1.54) is 0 Å². The number of nitrogens with one attached hydrogen (secondary N) is 2. The summed E-state index contributed by atoms with van der Waals surface area (Å²) in [6, 6.07) is 9.93. The molecule has 3 N–H and O–H groups in total. The molecule has 0 saturated heterocycles. The van der Waals surface area contributed by atoms with Gasteiger partial charge in [0.2, 0.25) is 17.8 Å². The largest absolute Gasteiger partial charge is 0.506 e. The SMILES string of the molecule is CCN(CC)c1nc(NN=Cc2cc(I)cc(I)c2O)nc(Nc2cc(C)ccc2C)n1. The molecule has 3 rings (SSSR count). The molecule has 32 heavy (non-hydrogen) atoms. The average molecular weight is 657 g/mol. The summed E-state index contributed by atoms with van der Waals surface area (Å²) in [5, 5.41) is 17.8. The van der Waals surface area contributed by atoms with Crippen molar-refractivity contribution >= 4 is 74.9 Å². The lowest BCUT2D eigenvalue weighted by molar-refractivity contribution is 0.470. The third kappa shape index (κ3) is 6.18. The molecule has 0 fully saturated rings.